The van der Waals surface area contributed by atoms with Crippen molar-refractivity contribution in [2.75, 3.05) is 26.1 Å². The fourth-order valence-electron chi connectivity index (χ4n) is 3.95. The van der Waals surface area contributed by atoms with Crippen molar-refractivity contribution < 1.29 is 14.3 Å². The predicted octanol–water partition coefficient (Wildman–Crippen LogP) is 4.21. The average molecular weight is 513 g/mol. The standard InChI is InChI=1S/C27H28N8O3/c1-37-16-25(36)34-27-32-22(19-6-3-5-17(11-19)13-28)12-23(33-27)24(35-29)15-30-14-20-7-4-8-21(31-20)26(38-2)18-9-10-18/h3-8,11-12,15,18,26,29-30H,9-10,14,16H2,1-2H3,(H,32,33,34,36)/b24-15-,35-29?. The molecule has 0 saturated heterocycles. The number of hydrogen-bond acceptors (Lipinski definition) is 10. The van der Waals surface area contributed by atoms with Gasteiger partial charge in [0.05, 0.1) is 41.0 Å². The fourth-order valence-corrected chi connectivity index (χ4v) is 3.95. The van der Waals surface area contributed by atoms with E-state index in [1.807, 2.05) is 18.2 Å². The maximum Gasteiger partial charge on any atom is 0.252 e. The highest BCUT2D eigenvalue weighted by atomic mass is 16.5. The van der Waals surface area contributed by atoms with E-state index in [1.165, 1.54) is 7.11 Å². The molecule has 0 radical (unpaired) electrons. The van der Waals surface area contributed by atoms with Crippen LogP contribution in [0.5, 0.6) is 0 Å². The molecule has 11 nitrogen and oxygen atoms in total. The first-order chi connectivity index (χ1) is 18.5. The zero-order valence-corrected chi connectivity index (χ0v) is 21.1. The zero-order chi connectivity index (χ0) is 26.9. The van der Waals surface area contributed by atoms with Gasteiger partial charge in [-0.15, -0.1) is 0 Å². The van der Waals surface area contributed by atoms with Crippen LogP contribution in [-0.2, 0) is 20.8 Å². The molecule has 1 atom stereocenters. The summed E-state index contributed by atoms with van der Waals surface area (Å²) in [5.41, 5.74) is 11.5. The van der Waals surface area contributed by atoms with Crippen molar-refractivity contribution in [3.8, 4) is 17.3 Å². The summed E-state index contributed by atoms with van der Waals surface area (Å²) in [7, 11) is 3.12. The van der Waals surface area contributed by atoms with Gasteiger partial charge in [-0.1, -0.05) is 18.2 Å². The van der Waals surface area contributed by atoms with Crippen molar-refractivity contribution >= 4 is 17.6 Å². The second-order valence-corrected chi connectivity index (χ2v) is 8.71. The van der Waals surface area contributed by atoms with E-state index in [0.717, 1.165) is 24.2 Å². The minimum atomic E-state index is -0.431. The number of methoxy groups -OCH3 is 2. The monoisotopic (exact) mass is 512 g/mol. The lowest BCUT2D eigenvalue weighted by Gasteiger charge is -2.14. The molecule has 2 heterocycles. The van der Waals surface area contributed by atoms with Gasteiger partial charge in [-0.05, 0) is 49.1 Å². The Hall–Kier alpha value is -4.53. The SMILES string of the molecule is COCC(=O)Nc1nc(/C(=C/NCc2cccc(C(OC)C3CC3)n2)N=N)cc(-c2cccc(C#N)c2)n1. The number of pyridine rings is 1. The van der Waals surface area contributed by atoms with Gasteiger partial charge < -0.3 is 14.8 Å². The Labute approximate surface area is 220 Å². The van der Waals surface area contributed by atoms with Crippen LogP contribution in [0.15, 0.2) is 59.8 Å². The van der Waals surface area contributed by atoms with Gasteiger partial charge in [0.25, 0.3) is 5.91 Å². The van der Waals surface area contributed by atoms with E-state index in [0.29, 0.717) is 35.0 Å². The molecule has 1 fully saturated rings. The van der Waals surface area contributed by atoms with Crippen LogP contribution in [0, 0.1) is 22.8 Å². The van der Waals surface area contributed by atoms with E-state index in [2.05, 4.69) is 31.8 Å². The fraction of sp³-hybridized carbons (Fsp3) is 0.296. The van der Waals surface area contributed by atoms with E-state index >= 15 is 0 Å². The van der Waals surface area contributed by atoms with Crippen molar-refractivity contribution in [2.24, 2.45) is 11.0 Å². The number of carbonyl (C=O) groups excluding carboxylic acids is 1. The largest absolute Gasteiger partial charge is 0.383 e. The van der Waals surface area contributed by atoms with Gasteiger partial charge in [0.15, 0.2) is 0 Å². The van der Waals surface area contributed by atoms with Crippen LogP contribution in [0.2, 0.25) is 0 Å². The van der Waals surface area contributed by atoms with Crippen LogP contribution < -0.4 is 10.6 Å². The predicted molar refractivity (Wildman–Crippen MR) is 139 cm³/mol. The van der Waals surface area contributed by atoms with Gasteiger partial charge in [0.1, 0.15) is 18.4 Å². The average Bonchev–Trinajstić information content (AvgIpc) is 3.77. The second kappa shape index (κ2) is 12.6. The first-order valence-corrected chi connectivity index (χ1v) is 12.0. The van der Waals surface area contributed by atoms with Crippen molar-refractivity contribution in [1.29, 1.82) is 10.8 Å². The molecule has 0 spiro atoms. The van der Waals surface area contributed by atoms with Gasteiger partial charge in [0, 0.05) is 26.0 Å². The number of nitrogens with zero attached hydrogens (tertiary/aromatic N) is 5. The molecule has 1 aliphatic carbocycles. The summed E-state index contributed by atoms with van der Waals surface area (Å²) in [6.45, 7) is 0.226. The van der Waals surface area contributed by atoms with E-state index in [4.69, 9.17) is 20.0 Å². The first-order valence-electron chi connectivity index (χ1n) is 12.0. The lowest BCUT2D eigenvalue weighted by Crippen LogP contribution is -2.19. The van der Waals surface area contributed by atoms with Crippen LogP contribution in [-0.4, -0.2) is 41.7 Å². The Balaban J connectivity index is 1.59. The normalized spacial score (nSPS) is 13.9. The van der Waals surface area contributed by atoms with Crippen LogP contribution in [0.3, 0.4) is 0 Å². The highest BCUT2D eigenvalue weighted by Gasteiger charge is 2.33. The number of nitriles is 1. The molecule has 0 aliphatic heterocycles. The molecule has 1 unspecified atom stereocenters. The number of aromatic nitrogens is 3. The minimum Gasteiger partial charge on any atom is -0.383 e. The Kier molecular flexibility index (Phi) is 8.81. The Morgan fingerprint density at radius 1 is 1.21 bits per heavy atom. The number of nitrogens with one attached hydrogen (secondary N) is 3. The number of ether oxygens (including phenoxy) is 2. The van der Waals surface area contributed by atoms with Crippen molar-refractivity contribution in [1.82, 2.24) is 20.3 Å². The smallest absolute Gasteiger partial charge is 0.252 e. The lowest BCUT2D eigenvalue weighted by molar-refractivity contribution is -0.119. The van der Waals surface area contributed by atoms with E-state index in [1.54, 1.807) is 43.6 Å². The number of hydrogen-bond donors (Lipinski definition) is 3. The van der Waals surface area contributed by atoms with Gasteiger partial charge in [-0.25, -0.2) is 15.5 Å². The molecular weight excluding hydrogens is 484 g/mol. The quantitative estimate of drug-likeness (QED) is 0.304. The molecule has 3 aromatic rings. The summed E-state index contributed by atoms with van der Waals surface area (Å²) in [4.78, 5) is 25.6. The number of anilines is 1. The maximum absolute atomic E-state index is 12.1. The molecule has 2 aromatic heterocycles. The number of benzene rings is 1. The minimum absolute atomic E-state index is 0.00462. The van der Waals surface area contributed by atoms with Crippen molar-refractivity contribution in [3.63, 3.8) is 0 Å². The Morgan fingerprint density at radius 3 is 2.74 bits per heavy atom. The highest BCUT2D eigenvalue weighted by molar-refractivity contribution is 5.90. The summed E-state index contributed by atoms with van der Waals surface area (Å²) in [6.07, 6.45) is 3.86. The molecular formula is C27H28N8O3. The van der Waals surface area contributed by atoms with Gasteiger partial charge in [-0.3, -0.25) is 15.1 Å². The Morgan fingerprint density at radius 2 is 2.03 bits per heavy atom. The molecule has 1 amide bonds. The third-order valence-corrected chi connectivity index (χ3v) is 5.87. The Bertz CT molecular complexity index is 1380. The molecule has 3 N–H and O–H groups in total. The molecule has 11 heteroatoms. The zero-order valence-electron chi connectivity index (χ0n) is 21.1. The van der Waals surface area contributed by atoms with E-state index < -0.39 is 5.91 Å². The second-order valence-electron chi connectivity index (χ2n) is 8.71. The van der Waals surface area contributed by atoms with Crippen LogP contribution >= 0.6 is 0 Å². The van der Waals surface area contributed by atoms with Crippen LogP contribution in [0.25, 0.3) is 17.0 Å². The summed E-state index contributed by atoms with van der Waals surface area (Å²) >= 11 is 0. The highest BCUT2D eigenvalue weighted by Crippen LogP contribution is 2.42. The molecule has 38 heavy (non-hydrogen) atoms. The van der Waals surface area contributed by atoms with Crippen LogP contribution in [0.1, 0.15) is 41.6 Å². The third kappa shape index (κ3) is 6.82. The molecule has 194 valence electrons. The number of carbonyl (C=O) groups is 1. The molecule has 4 rings (SSSR count). The third-order valence-electron chi connectivity index (χ3n) is 5.87. The summed E-state index contributed by atoms with van der Waals surface area (Å²) in [6, 6.07) is 16.5. The summed E-state index contributed by atoms with van der Waals surface area (Å²) < 4.78 is 10.5. The molecule has 1 aromatic carbocycles. The number of amides is 1. The first kappa shape index (κ1) is 26.5. The van der Waals surface area contributed by atoms with Gasteiger partial charge >= 0.3 is 0 Å². The van der Waals surface area contributed by atoms with Crippen LogP contribution in [0.4, 0.5) is 5.95 Å². The van der Waals surface area contributed by atoms with Gasteiger partial charge in [-0.2, -0.15) is 10.4 Å². The molecule has 0 bridgehead atoms. The molecule has 1 aliphatic rings. The number of rotatable bonds is 12. The van der Waals surface area contributed by atoms with E-state index in [9.17, 15) is 10.1 Å². The summed E-state index contributed by atoms with van der Waals surface area (Å²) in [5.74, 6) is 0.111. The topological polar surface area (TPSA) is 158 Å². The lowest BCUT2D eigenvalue weighted by atomic mass is 10.1. The van der Waals surface area contributed by atoms with Gasteiger partial charge in [0.2, 0.25) is 5.95 Å². The summed E-state index contributed by atoms with van der Waals surface area (Å²) in [5, 5.41) is 18.7. The maximum atomic E-state index is 12.1. The van der Waals surface area contributed by atoms with E-state index in [-0.39, 0.29) is 24.4 Å². The van der Waals surface area contributed by atoms with Crippen molar-refractivity contribution in [3.05, 3.63) is 77.4 Å². The molecule has 1 saturated carbocycles. The van der Waals surface area contributed by atoms with Crippen molar-refractivity contribution in [2.45, 2.75) is 25.5 Å².